The van der Waals surface area contributed by atoms with Gasteiger partial charge >= 0.3 is 5.91 Å². The number of ketones is 1. The standard InChI is InChI=1S/C33H23F2N3O5S2/c1-42-26-15-12-21(17-25(26)35)29(39)27-28(20-6-5-9-24(16-20)43-23-7-3-2-4-8-23)38(31(41)30(27)40)32-36-37-33(45-32)44-18-19-10-13-22(34)14-11-19/h2-17,28,39H,18H2,1H3/t28-/m0/s1. The Hall–Kier alpha value is -5.07. The number of anilines is 1. The van der Waals surface area contributed by atoms with Gasteiger partial charge in [-0.15, -0.1) is 10.2 Å². The summed E-state index contributed by atoms with van der Waals surface area (Å²) in [5.74, 6) is -2.14. The van der Waals surface area contributed by atoms with Crippen molar-refractivity contribution in [1.82, 2.24) is 10.2 Å². The SMILES string of the molecule is COc1ccc(C(O)=C2C(=O)C(=O)N(c3nnc(SCc4ccc(F)cc4)s3)[C@H]2c2cccc(Oc3ccccc3)c2)cc1F. The van der Waals surface area contributed by atoms with Crippen molar-refractivity contribution in [3.05, 3.63) is 131 Å². The van der Waals surface area contributed by atoms with Crippen LogP contribution in [0.5, 0.6) is 17.2 Å². The van der Waals surface area contributed by atoms with Crippen LogP contribution in [0, 0.1) is 11.6 Å². The lowest BCUT2D eigenvalue weighted by atomic mass is 9.95. The van der Waals surface area contributed by atoms with E-state index in [-0.39, 0.29) is 27.8 Å². The molecule has 1 saturated heterocycles. The van der Waals surface area contributed by atoms with Crippen LogP contribution < -0.4 is 14.4 Å². The highest BCUT2D eigenvalue weighted by Gasteiger charge is 2.48. The van der Waals surface area contributed by atoms with Crippen molar-refractivity contribution in [2.24, 2.45) is 0 Å². The molecule has 4 aromatic carbocycles. The first-order chi connectivity index (χ1) is 21.8. The van der Waals surface area contributed by atoms with E-state index in [1.54, 1.807) is 48.5 Å². The maximum atomic E-state index is 14.6. The van der Waals surface area contributed by atoms with Crippen molar-refractivity contribution >= 4 is 45.7 Å². The number of halogens is 2. The van der Waals surface area contributed by atoms with Crippen molar-refractivity contribution in [1.29, 1.82) is 0 Å². The number of Topliss-reactive ketones (excluding diaryl/α,β-unsaturated/α-hetero) is 1. The van der Waals surface area contributed by atoms with Crippen molar-refractivity contribution in [2.45, 2.75) is 16.1 Å². The van der Waals surface area contributed by atoms with Gasteiger partial charge in [0.2, 0.25) is 5.13 Å². The van der Waals surface area contributed by atoms with Gasteiger partial charge in [-0.25, -0.2) is 8.78 Å². The third kappa shape index (κ3) is 6.28. The number of aliphatic hydroxyl groups is 1. The number of aliphatic hydroxyl groups excluding tert-OH is 1. The van der Waals surface area contributed by atoms with E-state index in [0.29, 0.717) is 27.2 Å². The number of rotatable bonds is 9. The molecule has 1 N–H and O–H groups in total. The highest BCUT2D eigenvalue weighted by Crippen LogP contribution is 2.45. The smallest absolute Gasteiger partial charge is 0.301 e. The molecule has 0 unspecified atom stereocenters. The predicted octanol–water partition coefficient (Wildman–Crippen LogP) is 7.54. The van der Waals surface area contributed by atoms with Crippen molar-refractivity contribution in [3.8, 4) is 17.2 Å². The number of thioether (sulfide) groups is 1. The number of methoxy groups -OCH3 is 1. The summed E-state index contributed by atoms with van der Waals surface area (Å²) in [4.78, 5) is 28.4. The van der Waals surface area contributed by atoms with Crippen LogP contribution in [-0.4, -0.2) is 34.1 Å². The van der Waals surface area contributed by atoms with Gasteiger partial charge in [-0.3, -0.25) is 14.5 Å². The van der Waals surface area contributed by atoms with Crippen molar-refractivity contribution < 1.29 is 33.0 Å². The van der Waals surface area contributed by atoms with E-state index in [0.717, 1.165) is 23.0 Å². The third-order valence-corrected chi connectivity index (χ3v) is 9.03. The van der Waals surface area contributed by atoms with Gasteiger partial charge in [0, 0.05) is 11.3 Å². The topological polar surface area (TPSA) is 102 Å². The zero-order valence-electron chi connectivity index (χ0n) is 23.5. The average Bonchev–Trinajstić information content (AvgIpc) is 3.62. The summed E-state index contributed by atoms with van der Waals surface area (Å²) < 4.78 is 39.4. The van der Waals surface area contributed by atoms with E-state index < -0.39 is 29.3 Å². The molecule has 2 heterocycles. The largest absolute Gasteiger partial charge is 0.507 e. The van der Waals surface area contributed by atoms with Gasteiger partial charge in [-0.05, 0) is 65.7 Å². The number of carbonyl (C=O) groups is 2. The number of hydrogen-bond acceptors (Lipinski definition) is 9. The van der Waals surface area contributed by atoms with E-state index in [4.69, 9.17) is 9.47 Å². The number of para-hydroxylation sites is 1. The van der Waals surface area contributed by atoms with Gasteiger partial charge in [0.15, 0.2) is 15.9 Å². The van der Waals surface area contributed by atoms with E-state index in [2.05, 4.69) is 10.2 Å². The lowest BCUT2D eigenvalue weighted by molar-refractivity contribution is -0.132. The van der Waals surface area contributed by atoms with Crippen LogP contribution in [0.3, 0.4) is 0 Å². The predicted molar refractivity (Wildman–Crippen MR) is 167 cm³/mol. The molecule has 1 aromatic heterocycles. The maximum Gasteiger partial charge on any atom is 0.301 e. The minimum absolute atomic E-state index is 0.0132. The van der Waals surface area contributed by atoms with Crippen LogP contribution >= 0.6 is 23.1 Å². The second kappa shape index (κ2) is 12.9. The maximum absolute atomic E-state index is 14.6. The van der Waals surface area contributed by atoms with E-state index in [1.165, 1.54) is 48.0 Å². The fraction of sp³-hybridized carbons (Fsp3) is 0.0909. The van der Waals surface area contributed by atoms with E-state index in [1.807, 2.05) is 18.2 Å². The summed E-state index contributed by atoms with van der Waals surface area (Å²) in [6.45, 7) is 0. The average molecular weight is 644 g/mol. The Balaban J connectivity index is 1.40. The molecule has 8 nitrogen and oxygen atoms in total. The Kier molecular flexibility index (Phi) is 8.58. The minimum atomic E-state index is -1.14. The molecule has 6 rings (SSSR count). The van der Waals surface area contributed by atoms with Crippen LogP contribution in [0.1, 0.15) is 22.7 Å². The first-order valence-electron chi connectivity index (χ1n) is 13.5. The Bertz CT molecular complexity index is 1920. The number of carbonyl (C=O) groups excluding carboxylic acids is 2. The van der Waals surface area contributed by atoms with E-state index >= 15 is 0 Å². The number of hydrogen-bond donors (Lipinski definition) is 1. The molecule has 1 fully saturated rings. The van der Waals surface area contributed by atoms with Gasteiger partial charge in [-0.1, -0.05) is 65.6 Å². The van der Waals surface area contributed by atoms with Crippen LogP contribution in [0.4, 0.5) is 13.9 Å². The molecule has 12 heteroatoms. The number of nitrogens with zero attached hydrogens (tertiary/aromatic N) is 3. The molecular weight excluding hydrogens is 621 g/mol. The number of benzene rings is 4. The second-order valence-electron chi connectivity index (χ2n) is 9.77. The molecule has 1 atom stereocenters. The Morgan fingerprint density at radius 1 is 0.933 bits per heavy atom. The van der Waals surface area contributed by atoms with Crippen LogP contribution in [0.25, 0.3) is 5.76 Å². The van der Waals surface area contributed by atoms with Crippen LogP contribution in [0.15, 0.2) is 107 Å². The Labute approximate surface area is 264 Å². The molecule has 45 heavy (non-hydrogen) atoms. The summed E-state index contributed by atoms with van der Waals surface area (Å²) in [7, 11) is 1.31. The van der Waals surface area contributed by atoms with Gasteiger partial charge in [0.1, 0.15) is 23.1 Å². The fourth-order valence-corrected chi connectivity index (χ4v) is 6.59. The highest BCUT2D eigenvalue weighted by atomic mass is 32.2. The molecule has 0 radical (unpaired) electrons. The molecular formula is C33H23F2N3O5S2. The molecule has 1 aliphatic rings. The monoisotopic (exact) mass is 643 g/mol. The van der Waals surface area contributed by atoms with Gasteiger partial charge in [-0.2, -0.15) is 0 Å². The van der Waals surface area contributed by atoms with Crippen molar-refractivity contribution in [2.75, 3.05) is 12.0 Å². The highest BCUT2D eigenvalue weighted by molar-refractivity contribution is 8.00. The lowest BCUT2D eigenvalue weighted by Crippen LogP contribution is -2.29. The Morgan fingerprint density at radius 3 is 2.42 bits per heavy atom. The summed E-state index contributed by atoms with van der Waals surface area (Å²) in [5.41, 5.74) is 1.03. The van der Waals surface area contributed by atoms with Gasteiger partial charge in [0.05, 0.1) is 18.7 Å². The van der Waals surface area contributed by atoms with Crippen molar-refractivity contribution in [3.63, 3.8) is 0 Å². The third-order valence-electron chi connectivity index (χ3n) is 6.90. The minimum Gasteiger partial charge on any atom is -0.507 e. The first kappa shape index (κ1) is 30.0. The van der Waals surface area contributed by atoms with Crippen LogP contribution in [0.2, 0.25) is 0 Å². The summed E-state index contributed by atoms with van der Waals surface area (Å²) in [6, 6.07) is 24.5. The summed E-state index contributed by atoms with van der Waals surface area (Å²) >= 11 is 2.42. The first-order valence-corrected chi connectivity index (χ1v) is 15.3. The molecule has 1 aliphatic heterocycles. The molecule has 0 aliphatic carbocycles. The normalized spacial score (nSPS) is 15.8. The fourth-order valence-electron chi connectivity index (χ4n) is 4.77. The summed E-state index contributed by atoms with van der Waals surface area (Å²) in [5, 5.41) is 19.9. The molecule has 0 saturated carbocycles. The zero-order valence-corrected chi connectivity index (χ0v) is 25.1. The van der Waals surface area contributed by atoms with Crippen LogP contribution in [-0.2, 0) is 15.3 Å². The number of amides is 1. The molecule has 0 spiro atoms. The lowest BCUT2D eigenvalue weighted by Gasteiger charge is -2.23. The molecule has 0 bridgehead atoms. The second-order valence-corrected chi connectivity index (χ2v) is 12.0. The zero-order chi connectivity index (χ0) is 31.5. The quantitative estimate of drug-likeness (QED) is 0.0578. The molecule has 226 valence electrons. The number of ether oxygens (including phenoxy) is 2. The van der Waals surface area contributed by atoms with E-state index in [9.17, 15) is 23.5 Å². The molecule has 1 amide bonds. The summed E-state index contributed by atoms with van der Waals surface area (Å²) in [6.07, 6.45) is 0. The van der Waals surface area contributed by atoms with Gasteiger partial charge < -0.3 is 14.6 Å². The van der Waals surface area contributed by atoms with Gasteiger partial charge in [0.25, 0.3) is 5.78 Å². The molecule has 5 aromatic rings. The Morgan fingerprint density at radius 2 is 1.69 bits per heavy atom. The number of aromatic nitrogens is 2.